The lowest BCUT2D eigenvalue weighted by Gasteiger charge is -1.96. The molecule has 5 heteroatoms. The van der Waals surface area contributed by atoms with Gasteiger partial charge in [-0.1, -0.05) is 0 Å². The Bertz CT molecular complexity index is 287. The molecule has 0 aliphatic rings. The number of hydrogen-bond donors (Lipinski definition) is 1. The van der Waals surface area contributed by atoms with Crippen molar-refractivity contribution in [2.24, 2.45) is 0 Å². The second-order valence-corrected chi connectivity index (χ2v) is 3.04. The Morgan fingerprint density at radius 2 is 2.31 bits per heavy atom. The van der Waals surface area contributed by atoms with Gasteiger partial charge in [0.25, 0.3) is 5.69 Å². The normalized spacial score (nSPS) is 9.92. The van der Waals surface area contributed by atoms with E-state index >= 15 is 0 Å². The lowest BCUT2D eigenvalue weighted by atomic mass is 10.2. The number of hydrogen-bond acceptors (Lipinski definition) is 4. The summed E-state index contributed by atoms with van der Waals surface area (Å²) < 4.78 is 0. The molecule has 0 saturated heterocycles. The quantitative estimate of drug-likeness (QED) is 0.456. The molecule has 1 aromatic rings. The Kier molecular flexibility index (Phi) is 3.70. The molecule has 0 spiro atoms. The molecule has 1 heterocycles. The number of nitro groups is 1. The third-order valence-electron chi connectivity index (χ3n) is 1.61. The van der Waals surface area contributed by atoms with Gasteiger partial charge in [0, 0.05) is 11.8 Å². The van der Waals surface area contributed by atoms with Crippen LogP contribution >= 0.6 is 12.6 Å². The van der Waals surface area contributed by atoms with E-state index in [1.165, 1.54) is 12.3 Å². The van der Waals surface area contributed by atoms with Gasteiger partial charge < -0.3 is 0 Å². The van der Waals surface area contributed by atoms with Gasteiger partial charge in [-0.3, -0.25) is 15.1 Å². The van der Waals surface area contributed by atoms with E-state index in [9.17, 15) is 10.1 Å². The predicted molar refractivity (Wildman–Crippen MR) is 53.1 cm³/mol. The fraction of sp³-hybridized carbons (Fsp3) is 0.375. The van der Waals surface area contributed by atoms with E-state index in [0.717, 1.165) is 24.3 Å². The van der Waals surface area contributed by atoms with Gasteiger partial charge in [0.05, 0.1) is 4.92 Å². The minimum absolute atomic E-state index is 0.0367. The smallest absolute Gasteiger partial charge is 0.258 e. The van der Waals surface area contributed by atoms with E-state index in [2.05, 4.69) is 17.6 Å². The van der Waals surface area contributed by atoms with Crippen molar-refractivity contribution in [2.75, 3.05) is 5.75 Å². The Balaban J connectivity index is 2.64. The highest BCUT2D eigenvalue weighted by atomic mass is 32.1. The standard InChI is InChI=1S/C8H10N2O2S/c11-10(12)8-4-3-7(9-6-8)2-1-5-13/h3-4,6,13H,1-2,5H2. The summed E-state index contributed by atoms with van der Waals surface area (Å²) in [5.74, 6) is 0.804. The maximum atomic E-state index is 10.3. The number of thiol groups is 1. The summed E-state index contributed by atoms with van der Waals surface area (Å²) in [5.41, 5.74) is 0.911. The first-order chi connectivity index (χ1) is 6.24. The lowest BCUT2D eigenvalue weighted by Crippen LogP contribution is -1.93. The van der Waals surface area contributed by atoms with Gasteiger partial charge in [-0.05, 0) is 24.7 Å². The zero-order valence-corrected chi connectivity index (χ0v) is 7.91. The summed E-state index contributed by atoms with van der Waals surface area (Å²) in [4.78, 5) is 13.8. The molecule has 0 bridgehead atoms. The van der Waals surface area contributed by atoms with Gasteiger partial charge >= 0.3 is 0 Å². The van der Waals surface area contributed by atoms with E-state index in [1.54, 1.807) is 6.07 Å². The Morgan fingerprint density at radius 1 is 1.54 bits per heavy atom. The first kappa shape index (κ1) is 9.98. The summed E-state index contributed by atoms with van der Waals surface area (Å²) in [6.45, 7) is 0. The van der Waals surface area contributed by atoms with Crippen LogP contribution in [0.4, 0.5) is 5.69 Å². The van der Waals surface area contributed by atoms with Crippen LogP contribution in [-0.2, 0) is 6.42 Å². The molecule has 0 aromatic carbocycles. The highest BCUT2D eigenvalue weighted by molar-refractivity contribution is 7.80. The van der Waals surface area contributed by atoms with E-state index in [4.69, 9.17) is 0 Å². The summed E-state index contributed by atoms with van der Waals surface area (Å²) in [6.07, 6.45) is 3.04. The van der Waals surface area contributed by atoms with Gasteiger partial charge in [-0.2, -0.15) is 12.6 Å². The average Bonchev–Trinajstić information content (AvgIpc) is 2.15. The molecule has 0 aliphatic heterocycles. The molecule has 4 nitrogen and oxygen atoms in total. The van der Waals surface area contributed by atoms with E-state index in [1.807, 2.05) is 0 Å². The molecule has 0 N–H and O–H groups in total. The van der Waals surface area contributed by atoms with Crippen molar-refractivity contribution < 1.29 is 4.92 Å². The van der Waals surface area contributed by atoms with Crippen molar-refractivity contribution in [3.63, 3.8) is 0 Å². The van der Waals surface area contributed by atoms with E-state index in [0.29, 0.717) is 0 Å². The van der Waals surface area contributed by atoms with Crippen molar-refractivity contribution in [2.45, 2.75) is 12.8 Å². The number of nitrogens with zero attached hydrogens (tertiary/aromatic N) is 2. The Hall–Kier alpha value is -1.10. The van der Waals surface area contributed by atoms with Crippen molar-refractivity contribution in [3.05, 3.63) is 34.1 Å². The predicted octanol–water partition coefficient (Wildman–Crippen LogP) is 1.85. The average molecular weight is 198 g/mol. The second-order valence-electron chi connectivity index (χ2n) is 2.59. The monoisotopic (exact) mass is 198 g/mol. The van der Waals surface area contributed by atoms with E-state index in [-0.39, 0.29) is 5.69 Å². The third kappa shape index (κ3) is 3.02. The fourth-order valence-corrected chi connectivity index (χ4v) is 1.09. The number of aromatic nitrogens is 1. The Morgan fingerprint density at radius 3 is 2.77 bits per heavy atom. The van der Waals surface area contributed by atoms with Gasteiger partial charge in [0.2, 0.25) is 0 Å². The zero-order valence-electron chi connectivity index (χ0n) is 7.01. The molecule has 0 radical (unpaired) electrons. The molecular weight excluding hydrogens is 188 g/mol. The topological polar surface area (TPSA) is 56.0 Å². The van der Waals surface area contributed by atoms with Gasteiger partial charge in [-0.25, -0.2) is 0 Å². The zero-order chi connectivity index (χ0) is 9.68. The van der Waals surface area contributed by atoms with Crippen molar-refractivity contribution in [3.8, 4) is 0 Å². The molecule has 1 aromatic heterocycles. The molecule has 0 fully saturated rings. The molecule has 0 amide bonds. The highest BCUT2D eigenvalue weighted by Crippen LogP contribution is 2.09. The van der Waals surface area contributed by atoms with Crippen LogP contribution in [0.3, 0.4) is 0 Å². The fourth-order valence-electron chi connectivity index (χ4n) is 0.933. The van der Waals surface area contributed by atoms with Gasteiger partial charge in [0.15, 0.2) is 0 Å². The van der Waals surface area contributed by atoms with E-state index < -0.39 is 4.92 Å². The van der Waals surface area contributed by atoms with Crippen LogP contribution in [0.5, 0.6) is 0 Å². The summed E-state index contributed by atoms with van der Waals surface area (Å²) in [6, 6.07) is 3.16. The van der Waals surface area contributed by atoms with Crippen LogP contribution in [0.25, 0.3) is 0 Å². The van der Waals surface area contributed by atoms with Gasteiger partial charge in [-0.15, -0.1) is 0 Å². The van der Waals surface area contributed by atoms with Crippen molar-refractivity contribution >= 4 is 18.3 Å². The lowest BCUT2D eigenvalue weighted by molar-refractivity contribution is -0.385. The highest BCUT2D eigenvalue weighted by Gasteiger charge is 2.04. The Labute approximate surface area is 81.6 Å². The molecule has 0 aliphatic carbocycles. The number of rotatable bonds is 4. The molecule has 0 saturated carbocycles. The SMILES string of the molecule is O=[N+]([O-])c1ccc(CCCS)nc1. The number of pyridine rings is 1. The second kappa shape index (κ2) is 4.81. The molecule has 1 rings (SSSR count). The largest absolute Gasteiger partial charge is 0.287 e. The van der Waals surface area contributed by atoms with Crippen LogP contribution in [0.1, 0.15) is 12.1 Å². The third-order valence-corrected chi connectivity index (χ3v) is 1.93. The van der Waals surface area contributed by atoms with Gasteiger partial charge in [0.1, 0.15) is 6.20 Å². The maximum Gasteiger partial charge on any atom is 0.287 e. The molecule has 0 unspecified atom stereocenters. The molecular formula is C8H10N2O2S. The van der Waals surface area contributed by atoms with Crippen LogP contribution in [0.15, 0.2) is 18.3 Å². The molecule has 70 valence electrons. The first-order valence-electron chi connectivity index (χ1n) is 3.94. The van der Waals surface area contributed by atoms with Crippen LogP contribution in [0, 0.1) is 10.1 Å². The van der Waals surface area contributed by atoms with Crippen molar-refractivity contribution in [1.82, 2.24) is 4.98 Å². The van der Waals surface area contributed by atoms with Crippen LogP contribution < -0.4 is 0 Å². The summed E-state index contributed by atoms with van der Waals surface area (Å²) in [7, 11) is 0. The molecule has 0 atom stereocenters. The summed E-state index contributed by atoms with van der Waals surface area (Å²) in [5, 5.41) is 10.3. The van der Waals surface area contributed by atoms with Crippen molar-refractivity contribution in [1.29, 1.82) is 0 Å². The minimum Gasteiger partial charge on any atom is -0.258 e. The minimum atomic E-state index is -0.449. The molecule has 13 heavy (non-hydrogen) atoms. The summed E-state index contributed by atoms with van der Waals surface area (Å²) >= 11 is 4.07. The maximum absolute atomic E-state index is 10.3. The number of aryl methyl sites for hydroxylation is 1. The first-order valence-corrected chi connectivity index (χ1v) is 4.57. The van der Waals surface area contributed by atoms with Crippen LogP contribution in [0.2, 0.25) is 0 Å². The van der Waals surface area contributed by atoms with Crippen LogP contribution in [-0.4, -0.2) is 15.7 Å².